The number of fused-ring (bicyclic) bond motifs is 1. The number of nitrogens with zero attached hydrogens (tertiary/aromatic N) is 1. The number of nitrogens with one attached hydrogen (secondary N) is 2. The Morgan fingerprint density at radius 2 is 1.61 bits per heavy atom. The molecule has 0 bridgehead atoms. The highest BCUT2D eigenvalue weighted by atomic mass is 19.4. The van der Waals surface area contributed by atoms with Crippen molar-refractivity contribution >= 4 is 28.4 Å². The SMILES string of the molecule is Cc1cncc2cccc(NC3CCNC3)c12.O=C(O)C(F)(F)F.O=C(O)C(F)(F)F. The molecule has 1 saturated heterocycles. The van der Waals surface area contributed by atoms with Crippen LogP contribution in [-0.4, -0.2) is 58.6 Å². The predicted octanol–water partition coefficient (Wildman–Crippen LogP) is 3.58. The fourth-order valence-corrected chi connectivity index (χ4v) is 2.53. The van der Waals surface area contributed by atoms with Crippen LogP contribution in [0.4, 0.5) is 32.0 Å². The molecule has 1 aromatic carbocycles. The van der Waals surface area contributed by atoms with E-state index >= 15 is 0 Å². The molecule has 1 atom stereocenters. The number of carboxylic acids is 2. The summed E-state index contributed by atoms with van der Waals surface area (Å²) in [5.41, 5.74) is 2.47. The summed E-state index contributed by atoms with van der Waals surface area (Å²) in [5, 5.41) is 23.8. The van der Waals surface area contributed by atoms with Crippen molar-refractivity contribution < 1.29 is 46.1 Å². The van der Waals surface area contributed by atoms with E-state index in [0.29, 0.717) is 6.04 Å². The van der Waals surface area contributed by atoms with E-state index in [-0.39, 0.29) is 0 Å². The molecular weight excluding hydrogens is 436 g/mol. The van der Waals surface area contributed by atoms with Gasteiger partial charge < -0.3 is 20.8 Å². The Kier molecular flexibility index (Phi) is 9.03. The topological polar surface area (TPSA) is 112 Å². The van der Waals surface area contributed by atoms with Crippen LogP contribution in [0.25, 0.3) is 10.8 Å². The molecule has 1 aliphatic heterocycles. The Morgan fingerprint density at radius 1 is 1.06 bits per heavy atom. The maximum absolute atomic E-state index is 10.6. The minimum absolute atomic E-state index is 0.549. The van der Waals surface area contributed by atoms with Crippen LogP contribution < -0.4 is 10.6 Å². The highest BCUT2D eigenvalue weighted by Crippen LogP contribution is 2.26. The van der Waals surface area contributed by atoms with Gasteiger partial charge in [0.2, 0.25) is 0 Å². The van der Waals surface area contributed by atoms with Crippen molar-refractivity contribution in [3.05, 3.63) is 36.2 Å². The van der Waals surface area contributed by atoms with Crippen LogP contribution in [0.1, 0.15) is 12.0 Å². The highest BCUT2D eigenvalue weighted by Gasteiger charge is 2.38. The summed E-state index contributed by atoms with van der Waals surface area (Å²) in [6.45, 7) is 4.29. The van der Waals surface area contributed by atoms with Crippen molar-refractivity contribution in [3.8, 4) is 0 Å². The summed E-state index contributed by atoms with van der Waals surface area (Å²) in [6.07, 6.45) is -5.11. The molecule has 3 rings (SSSR count). The lowest BCUT2D eigenvalue weighted by molar-refractivity contribution is -0.193. The maximum Gasteiger partial charge on any atom is 0.490 e. The molecular formula is C18H19F6N3O4. The van der Waals surface area contributed by atoms with E-state index in [1.165, 1.54) is 28.4 Å². The molecule has 1 fully saturated rings. The van der Waals surface area contributed by atoms with E-state index in [0.717, 1.165) is 13.1 Å². The zero-order chi connectivity index (χ0) is 23.8. The van der Waals surface area contributed by atoms with Crippen molar-refractivity contribution in [2.24, 2.45) is 0 Å². The largest absolute Gasteiger partial charge is 0.490 e. The third-order valence-corrected chi connectivity index (χ3v) is 3.88. The fraction of sp³-hybridized carbons (Fsp3) is 0.389. The van der Waals surface area contributed by atoms with E-state index in [4.69, 9.17) is 19.8 Å². The van der Waals surface area contributed by atoms with Crippen LogP contribution in [0.15, 0.2) is 30.6 Å². The second-order valence-corrected chi connectivity index (χ2v) is 6.30. The first-order valence-electron chi connectivity index (χ1n) is 8.64. The Labute approximate surface area is 172 Å². The van der Waals surface area contributed by atoms with Gasteiger partial charge in [0.25, 0.3) is 0 Å². The molecule has 13 heteroatoms. The summed E-state index contributed by atoms with van der Waals surface area (Å²) in [7, 11) is 0. The summed E-state index contributed by atoms with van der Waals surface area (Å²) >= 11 is 0. The lowest BCUT2D eigenvalue weighted by atomic mass is 10.1. The number of carboxylic acid groups (broad SMARTS) is 2. The number of rotatable bonds is 2. The van der Waals surface area contributed by atoms with Crippen LogP contribution in [0.5, 0.6) is 0 Å². The second kappa shape index (κ2) is 10.8. The number of carbonyl (C=O) groups is 2. The van der Waals surface area contributed by atoms with Crippen LogP contribution in [0.3, 0.4) is 0 Å². The number of aromatic nitrogens is 1. The molecule has 31 heavy (non-hydrogen) atoms. The van der Waals surface area contributed by atoms with Gasteiger partial charge >= 0.3 is 24.3 Å². The van der Waals surface area contributed by atoms with E-state index in [1.807, 2.05) is 12.4 Å². The van der Waals surface area contributed by atoms with Gasteiger partial charge in [-0.05, 0) is 31.5 Å². The maximum atomic E-state index is 10.6. The molecule has 0 aliphatic carbocycles. The van der Waals surface area contributed by atoms with Crippen molar-refractivity contribution in [2.75, 3.05) is 18.4 Å². The van der Waals surface area contributed by atoms with Crippen molar-refractivity contribution in [3.63, 3.8) is 0 Å². The molecule has 7 nitrogen and oxygen atoms in total. The quantitative estimate of drug-likeness (QED) is 0.512. The number of pyridine rings is 1. The molecule has 4 N–H and O–H groups in total. The van der Waals surface area contributed by atoms with Crippen LogP contribution in [-0.2, 0) is 9.59 Å². The minimum Gasteiger partial charge on any atom is -0.475 e. The molecule has 1 aliphatic rings. The number of benzene rings is 1. The van der Waals surface area contributed by atoms with E-state index in [1.54, 1.807) is 0 Å². The summed E-state index contributed by atoms with van der Waals surface area (Å²) in [5.74, 6) is -5.51. The summed E-state index contributed by atoms with van der Waals surface area (Å²) in [6, 6.07) is 6.92. The average Bonchev–Trinajstić information content (AvgIpc) is 3.14. The molecule has 2 aromatic rings. The first-order valence-corrected chi connectivity index (χ1v) is 8.64. The first kappa shape index (κ1) is 25.9. The predicted molar refractivity (Wildman–Crippen MR) is 98.8 cm³/mol. The number of hydrogen-bond acceptors (Lipinski definition) is 5. The average molecular weight is 455 g/mol. The van der Waals surface area contributed by atoms with Crippen molar-refractivity contribution in [1.29, 1.82) is 0 Å². The van der Waals surface area contributed by atoms with E-state index in [2.05, 4.69) is 40.7 Å². The Morgan fingerprint density at radius 3 is 2.06 bits per heavy atom. The van der Waals surface area contributed by atoms with Gasteiger partial charge in [-0.2, -0.15) is 26.3 Å². The van der Waals surface area contributed by atoms with Gasteiger partial charge in [-0.15, -0.1) is 0 Å². The number of hydrogen-bond donors (Lipinski definition) is 4. The lowest BCUT2D eigenvalue weighted by Crippen LogP contribution is -2.22. The second-order valence-electron chi connectivity index (χ2n) is 6.30. The number of halogens is 6. The smallest absolute Gasteiger partial charge is 0.475 e. The monoisotopic (exact) mass is 455 g/mol. The number of aliphatic carboxylic acids is 2. The molecule has 0 spiro atoms. The standard InChI is InChI=1S/C14H17N3.2C2HF3O2/c1-10-7-16-8-11-3-2-4-13(14(10)11)17-12-5-6-15-9-12;2*3-2(4,5)1(6)7/h2-4,7-8,12,15,17H,5-6,9H2,1H3;2*(H,6,7). The van der Waals surface area contributed by atoms with Gasteiger partial charge in [-0.25, -0.2) is 9.59 Å². The van der Waals surface area contributed by atoms with Gasteiger partial charge in [0, 0.05) is 41.4 Å². The molecule has 1 unspecified atom stereocenters. The van der Waals surface area contributed by atoms with E-state index < -0.39 is 24.3 Å². The van der Waals surface area contributed by atoms with Gasteiger partial charge in [0.15, 0.2) is 0 Å². The van der Waals surface area contributed by atoms with Crippen LogP contribution in [0.2, 0.25) is 0 Å². The Balaban J connectivity index is 0.000000288. The third kappa shape index (κ3) is 8.66. The lowest BCUT2D eigenvalue weighted by Gasteiger charge is -2.16. The van der Waals surface area contributed by atoms with Crippen molar-refractivity contribution in [1.82, 2.24) is 10.3 Å². The zero-order valence-electron chi connectivity index (χ0n) is 16.0. The van der Waals surface area contributed by atoms with E-state index in [9.17, 15) is 26.3 Å². The first-order chi connectivity index (χ1) is 14.2. The molecule has 0 amide bonds. The minimum atomic E-state index is -5.08. The third-order valence-electron chi connectivity index (χ3n) is 3.88. The molecule has 0 radical (unpaired) electrons. The summed E-state index contributed by atoms with van der Waals surface area (Å²) in [4.78, 5) is 22.0. The van der Waals surface area contributed by atoms with Crippen LogP contribution in [0, 0.1) is 6.92 Å². The normalized spacial score (nSPS) is 15.9. The molecule has 1 aromatic heterocycles. The Bertz CT molecular complexity index is 867. The highest BCUT2D eigenvalue weighted by molar-refractivity contribution is 5.95. The fourth-order valence-electron chi connectivity index (χ4n) is 2.53. The number of aryl methyl sites for hydroxylation is 1. The van der Waals surface area contributed by atoms with Crippen LogP contribution >= 0.6 is 0 Å². The van der Waals surface area contributed by atoms with Gasteiger partial charge in [-0.3, -0.25) is 4.98 Å². The van der Waals surface area contributed by atoms with Crippen molar-refractivity contribution in [2.45, 2.75) is 31.7 Å². The van der Waals surface area contributed by atoms with Gasteiger partial charge in [-0.1, -0.05) is 12.1 Å². The Hall–Kier alpha value is -3.09. The van der Waals surface area contributed by atoms with Gasteiger partial charge in [0.05, 0.1) is 0 Å². The number of alkyl halides is 6. The summed E-state index contributed by atoms with van der Waals surface area (Å²) < 4.78 is 63.5. The molecule has 0 saturated carbocycles. The van der Waals surface area contributed by atoms with Gasteiger partial charge in [0.1, 0.15) is 0 Å². The molecule has 2 heterocycles. The molecule has 172 valence electrons. The zero-order valence-corrected chi connectivity index (χ0v) is 16.0. The number of anilines is 1.